The van der Waals surface area contributed by atoms with Crippen LogP contribution < -0.4 is 0 Å². The smallest absolute Gasteiger partial charge is 0.0223 e. The van der Waals surface area contributed by atoms with Crippen LogP contribution in [-0.2, 0) is 0 Å². The molecule has 0 bridgehead atoms. The summed E-state index contributed by atoms with van der Waals surface area (Å²) in [5, 5.41) is 2.24. The molecule has 0 N–H and O–H groups in total. The van der Waals surface area contributed by atoms with Crippen LogP contribution in [0.5, 0.6) is 0 Å². The maximum absolute atomic E-state index is 5.38. The molecule has 130 valence electrons. The molecule has 1 aromatic carbocycles. The lowest BCUT2D eigenvalue weighted by atomic mass is 10.3. The molecule has 0 saturated carbocycles. The molecule has 1 rings (SSSR count). The van der Waals surface area contributed by atoms with Crippen molar-refractivity contribution in [1.29, 1.82) is 0 Å². The summed E-state index contributed by atoms with van der Waals surface area (Å²) in [6, 6.07) is 11.1. The van der Waals surface area contributed by atoms with Crippen molar-refractivity contribution < 1.29 is 0 Å². The van der Waals surface area contributed by atoms with Gasteiger partial charge in [-0.1, -0.05) is 91.6 Å². The molecule has 0 aliphatic heterocycles. The number of halogens is 1. The summed E-state index contributed by atoms with van der Waals surface area (Å²) in [5.41, 5.74) is 0. The van der Waals surface area contributed by atoms with Gasteiger partial charge in [-0.25, -0.2) is 10.0 Å². The van der Waals surface area contributed by atoms with Crippen LogP contribution in [0.15, 0.2) is 35.2 Å². The Hall–Kier alpha value is -0.140. The zero-order chi connectivity index (χ0) is 17.2. The lowest BCUT2D eigenvalue weighted by Gasteiger charge is -2.51. The summed E-state index contributed by atoms with van der Waals surface area (Å²) in [6.07, 6.45) is 3.73. The zero-order valence-corrected chi connectivity index (χ0v) is 17.3. The number of hydrogen-bond acceptors (Lipinski definition) is 0. The maximum atomic E-state index is 5.38. The fraction of sp³-hybridized carbons (Fsp3) is 0.700. The number of hydrogen-bond donors (Lipinski definition) is 0. The molecular weight excluding hydrogens is 308 g/mol. The van der Waals surface area contributed by atoms with Gasteiger partial charge in [0.2, 0.25) is 0 Å². The third kappa shape index (κ3) is 5.81. The molecule has 0 unspecified atom stereocenters. The second-order valence-corrected chi connectivity index (χ2v) is 11.8. The molecule has 0 atom stereocenters. The highest BCUT2D eigenvalue weighted by atomic mass is 35.5. The molecule has 0 aromatic heterocycles. The van der Waals surface area contributed by atoms with Gasteiger partial charge in [0.15, 0.2) is 0 Å². The van der Waals surface area contributed by atoms with E-state index < -0.39 is 10.0 Å². The van der Waals surface area contributed by atoms with Gasteiger partial charge >= 0.3 is 0 Å². The Morgan fingerprint density at radius 3 is 1.55 bits per heavy atom. The average molecular weight is 345 g/mol. The summed E-state index contributed by atoms with van der Waals surface area (Å²) in [4.78, 5) is 1.58. The average Bonchev–Trinajstić information content (AvgIpc) is 2.46. The number of benzene rings is 1. The summed E-state index contributed by atoms with van der Waals surface area (Å²) in [5.74, 6) is 0.827. The highest BCUT2D eigenvalue weighted by molar-refractivity contribution is 8.35. The van der Waals surface area contributed by atoms with Gasteiger partial charge in [0.25, 0.3) is 0 Å². The molecule has 0 amide bonds. The highest BCUT2D eigenvalue weighted by Crippen LogP contribution is 2.66. The van der Waals surface area contributed by atoms with Crippen molar-refractivity contribution in [2.24, 2.45) is 0 Å². The van der Waals surface area contributed by atoms with Crippen LogP contribution in [0.25, 0.3) is 0 Å². The molecule has 22 heavy (non-hydrogen) atoms. The van der Waals surface area contributed by atoms with Crippen LogP contribution in [0.1, 0.15) is 67.7 Å². The Balaban J connectivity index is 0.000000626. The molecule has 0 aliphatic carbocycles. The van der Waals surface area contributed by atoms with Crippen molar-refractivity contribution in [2.75, 3.05) is 5.88 Å². The summed E-state index contributed by atoms with van der Waals surface area (Å²) in [7, 11) is -0.725. The van der Waals surface area contributed by atoms with E-state index in [0.717, 1.165) is 21.6 Å². The third-order valence-corrected chi connectivity index (χ3v) is 10.3. The maximum Gasteiger partial charge on any atom is 0.0223 e. The second-order valence-electron chi connectivity index (χ2n) is 6.62. The first-order valence-corrected chi connectivity index (χ1v) is 11.1. The van der Waals surface area contributed by atoms with Crippen LogP contribution in [-0.4, -0.2) is 21.6 Å². The van der Waals surface area contributed by atoms with E-state index in [2.05, 4.69) is 78.8 Å². The minimum atomic E-state index is -0.725. The summed E-state index contributed by atoms with van der Waals surface area (Å²) in [6.45, 7) is 16.5. The normalized spacial score (nSPS) is 12.5. The van der Waals surface area contributed by atoms with E-state index in [-0.39, 0.29) is 0 Å². The Bertz CT molecular complexity index is 345. The molecule has 1 aromatic rings. The number of alkyl halides is 1. The van der Waals surface area contributed by atoms with Gasteiger partial charge in [-0.15, -0.1) is 11.6 Å². The number of unbranched alkanes of at least 4 members (excludes halogenated alkanes) is 2. The van der Waals surface area contributed by atoms with Crippen LogP contribution >= 0.6 is 21.6 Å². The van der Waals surface area contributed by atoms with Gasteiger partial charge in [-0.3, -0.25) is 0 Å². The van der Waals surface area contributed by atoms with Gasteiger partial charge in [-0.2, -0.15) is 0 Å². The third-order valence-electron chi connectivity index (χ3n) is 4.23. The van der Waals surface area contributed by atoms with E-state index in [1.165, 1.54) is 19.3 Å². The minimum Gasteiger partial charge on any atom is -0.207 e. The second kappa shape index (κ2) is 11.4. The van der Waals surface area contributed by atoms with Gasteiger partial charge in [0, 0.05) is 5.88 Å². The zero-order valence-electron chi connectivity index (χ0n) is 15.7. The molecule has 0 spiro atoms. The monoisotopic (exact) mass is 344 g/mol. The lowest BCUT2D eigenvalue weighted by molar-refractivity contribution is 0.776. The molecule has 0 heterocycles. The van der Waals surface area contributed by atoms with Crippen LogP contribution in [0, 0.1) is 0 Å². The van der Waals surface area contributed by atoms with Gasteiger partial charge < -0.3 is 0 Å². The Morgan fingerprint density at radius 1 is 0.818 bits per heavy atom. The molecular formula is C20H37ClS. The van der Waals surface area contributed by atoms with Crippen molar-refractivity contribution in [3.8, 4) is 0 Å². The van der Waals surface area contributed by atoms with E-state index in [1.807, 2.05) is 0 Å². The first kappa shape index (κ1) is 21.9. The Morgan fingerprint density at radius 2 is 1.27 bits per heavy atom. The first-order chi connectivity index (χ1) is 10.3. The topological polar surface area (TPSA) is 0 Å². The van der Waals surface area contributed by atoms with E-state index >= 15 is 0 Å². The quantitative estimate of drug-likeness (QED) is 0.355. The van der Waals surface area contributed by atoms with Crippen molar-refractivity contribution in [2.45, 2.75) is 88.4 Å². The van der Waals surface area contributed by atoms with E-state index in [0.29, 0.717) is 0 Å². The Labute approximate surface area is 146 Å². The molecule has 0 saturated heterocycles. The van der Waals surface area contributed by atoms with Crippen LogP contribution in [0.2, 0.25) is 0 Å². The summed E-state index contributed by atoms with van der Waals surface area (Å²) < 4.78 is 0. The van der Waals surface area contributed by atoms with Crippen molar-refractivity contribution >= 4 is 21.6 Å². The number of rotatable bonds is 7. The van der Waals surface area contributed by atoms with Crippen molar-refractivity contribution in [1.82, 2.24) is 0 Å². The minimum absolute atomic E-state index is 0.725. The largest absolute Gasteiger partial charge is 0.207 e. The fourth-order valence-corrected chi connectivity index (χ4v) is 9.17. The molecule has 0 radical (unpaired) electrons. The molecule has 0 nitrogen and oxygen atoms in total. The van der Waals surface area contributed by atoms with Gasteiger partial charge in [0.1, 0.15) is 0 Å². The highest BCUT2D eigenvalue weighted by Gasteiger charge is 2.35. The van der Waals surface area contributed by atoms with E-state index in [4.69, 9.17) is 11.6 Å². The SMILES string of the molecule is CC(C)S(c1ccccc1)(C(C)C)C(C)C.CCCCCCl. The lowest BCUT2D eigenvalue weighted by Crippen LogP contribution is -2.28. The molecule has 2 heteroatoms. The van der Waals surface area contributed by atoms with Crippen molar-refractivity contribution in [3.63, 3.8) is 0 Å². The van der Waals surface area contributed by atoms with Gasteiger partial charge in [-0.05, 0) is 27.1 Å². The van der Waals surface area contributed by atoms with Crippen molar-refractivity contribution in [3.05, 3.63) is 30.3 Å². The van der Waals surface area contributed by atoms with E-state index in [1.54, 1.807) is 4.90 Å². The molecule has 0 aliphatic rings. The predicted octanol–water partition coefficient (Wildman–Crippen LogP) is 7.49. The summed E-state index contributed by atoms with van der Waals surface area (Å²) >= 11 is 5.38. The van der Waals surface area contributed by atoms with Crippen LogP contribution in [0.4, 0.5) is 0 Å². The first-order valence-electron chi connectivity index (χ1n) is 8.76. The van der Waals surface area contributed by atoms with E-state index in [9.17, 15) is 0 Å². The van der Waals surface area contributed by atoms with Gasteiger partial charge in [0.05, 0.1) is 0 Å². The standard InChI is InChI=1S/C15H26S.C5H11Cl/c1-12(2)16(13(3)4,14(5)6)15-10-8-7-9-11-15;1-2-3-4-5-6/h7-14H,1-6H3;2-5H2,1H3. The Kier molecular flexibility index (Phi) is 11.3. The predicted molar refractivity (Wildman–Crippen MR) is 108 cm³/mol. The van der Waals surface area contributed by atoms with Crippen LogP contribution in [0.3, 0.4) is 0 Å². The molecule has 0 fully saturated rings. The fourth-order valence-electron chi connectivity index (χ4n) is 3.45.